The molecule has 0 unspecified atom stereocenters. The molecule has 1 aliphatic rings. The number of amides is 2. The van der Waals surface area contributed by atoms with E-state index in [-0.39, 0.29) is 17.7 Å². The minimum Gasteiger partial charge on any atom is -0.326 e. The number of para-hydroxylation sites is 1. The topological polar surface area (TPSA) is 58.2 Å². The molecule has 2 aromatic carbocycles. The van der Waals surface area contributed by atoms with E-state index in [9.17, 15) is 9.59 Å². The van der Waals surface area contributed by atoms with Gasteiger partial charge < -0.3 is 10.6 Å². The molecule has 0 saturated heterocycles. The maximum absolute atomic E-state index is 12.7. The van der Waals surface area contributed by atoms with Crippen LogP contribution in [0.25, 0.3) is 0 Å². The van der Waals surface area contributed by atoms with Gasteiger partial charge in [0.05, 0.1) is 0 Å². The van der Waals surface area contributed by atoms with Crippen LogP contribution in [0.2, 0.25) is 0 Å². The lowest BCUT2D eigenvalue weighted by molar-refractivity contribution is -0.120. The fourth-order valence-electron chi connectivity index (χ4n) is 3.66. The Kier molecular flexibility index (Phi) is 6.28. The number of nitrogens with one attached hydrogen (secondary N) is 2. The molecule has 1 aliphatic carbocycles. The van der Waals surface area contributed by atoms with Crippen molar-refractivity contribution in [1.82, 2.24) is 0 Å². The fourth-order valence-corrected chi connectivity index (χ4v) is 3.66. The van der Waals surface area contributed by atoms with Gasteiger partial charge in [-0.15, -0.1) is 0 Å². The maximum atomic E-state index is 12.7. The summed E-state index contributed by atoms with van der Waals surface area (Å²) in [6, 6.07) is 15.0. The standard InChI is InChI=1S/C23H28N2O2/c1-16(2)20-13-6-7-14-21(20)25-23(27)18-11-8-12-19(15-18)24-22(26)17-9-4-3-5-10-17/h6-8,11-17H,3-5,9-10H2,1-2H3,(H,24,26)(H,25,27). The fraction of sp³-hybridized carbons (Fsp3) is 0.391. The second-order valence-electron chi connectivity index (χ2n) is 7.60. The van der Waals surface area contributed by atoms with E-state index in [1.807, 2.05) is 30.3 Å². The largest absolute Gasteiger partial charge is 0.326 e. The van der Waals surface area contributed by atoms with Crippen molar-refractivity contribution in [1.29, 1.82) is 0 Å². The monoisotopic (exact) mass is 364 g/mol. The normalized spacial score (nSPS) is 14.8. The van der Waals surface area contributed by atoms with Crippen molar-refractivity contribution in [3.63, 3.8) is 0 Å². The molecular formula is C23H28N2O2. The molecule has 0 bridgehead atoms. The van der Waals surface area contributed by atoms with E-state index in [1.54, 1.807) is 18.2 Å². The van der Waals surface area contributed by atoms with Gasteiger partial charge in [0.25, 0.3) is 5.91 Å². The van der Waals surface area contributed by atoms with Crippen LogP contribution in [0.1, 0.15) is 67.8 Å². The van der Waals surface area contributed by atoms with Crippen LogP contribution in [0.4, 0.5) is 11.4 Å². The number of carbonyl (C=O) groups is 2. The van der Waals surface area contributed by atoms with Gasteiger partial charge in [-0.2, -0.15) is 0 Å². The molecule has 0 spiro atoms. The summed E-state index contributed by atoms with van der Waals surface area (Å²) in [5, 5.41) is 5.98. The minimum atomic E-state index is -0.170. The predicted octanol–water partition coefficient (Wildman–Crippen LogP) is 5.58. The summed E-state index contributed by atoms with van der Waals surface area (Å²) in [5.41, 5.74) is 3.15. The molecule has 4 heteroatoms. The molecule has 4 nitrogen and oxygen atoms in total. The van der Waals surface area contributed by atoms with Crippen molar-refractivity contribution in [2.45, 2.75) is 51.9 Å². The Morgan fingerprint density at radius 3 is 2.41 bits per heavy atom. The third kappa shape index (κ3) is 4.97. The van der Waals surface area contributed by atoms with Crippen LogP contribution in [-0.4, -0.2) is 11.8 Å². The summed E-state index contributed by atoms with van der Waals surface area (Å²) in [6.45, 7) is 4.21. The third-order valence-electron chi connectivity index (χ3n) is 5.20. The van der Waals surface area contributed by atoms with Crippen molar-refractivity contribution in [3.05, 3.63) is 59.7 Å². The SMILES string of the molecule is CC(C)c1ccccc1NC(=O)c1cccc(NC(=O)C2CCCCC2)c1. The minimum absolute atomic E-state index is 0.0670. The summed E-state index contributed by atoms with van der Waals surface area (Å²) < 4.78 is 0. The zero-order chi connectivity index (χ0) is 19.2. The van der Waals surface area contributed by atoms with Gasteiger partial charge >= 0.3 is 0 Å². The predicted molar refractivity (Wildman–Crippen MR) is 110 cm³/mol. The second kappa shape index (κ2) is 8.85. The molecule has 0 heterocycles. The van der Waals surface area contributed by atoms with E-state index in [4.69, 9.17) is 0 Å². The Morgan fingerprint density at radius 2 is 1.67 bits per heavy atom. The van der Waals surface area contributed by atoms with Gasteiger partial charge in [-0.25, -0.2) is 0 Å². The van der Waals surface area contributed by atoms with Gasteiger partial charge in [0.1, 0.15) is 0 Å². The summed E-state index contributed by atoms with van der Waals surface area (Å²) in [4.78, 5) is 25.2. The zero-order valence-electron chi connectivity index (χ0n) is 16.1. The van der Waals surface area contributed by atoms with Gasteiger partial charge in [-0.1, -0.05) is 57.4 Å². The first-order valence-corrected chi connectivity index (χ1v) is 9.86. The first-order valence-electron chi connectivity index (χ1n) is 9.86. The number of carbonyl (C=O) groups excluding carboxylic acids is 2. The lowest BCUT2D eigenvalue weighted by Gasteiger charge is -2.20. The van der Waals surface area contributed by atoms with E-state index in [0.29, 0.717) is 17.2 Å². The summed E-state index contributed by atoms with van der Waals surface area (Å²) in [5.74, 6) is 0.311. The Balaban J connectivity index is 1.69. The van der Waals surface area contributed by atoms with Crippen molar-refractivity contribution >= 4 is 23.2 Å². The van der Waals surface area contributed by atoms with E-state index in [2.05, 4.69) is 24.5 Å². The molecule has 2 N–H and O–H groups in total. The molecule has 1 fully saturated rings. The highest BCUT2D eigenvalue weighted by molar-refractivity contribution is 6.05. The number of rotatable bonds is 5. The summed E-state index contributed by atoms with van der Waals surface area (Å²) in [6.07, 6.45) is 5.37. The molecule has 0 aromatic heterocycles. The first kappa shape index (κ1) is 19.2. The van der Waals surface area contributed by atoms with Crippen LogP contribution in [0.15, 0.2) is 48.5 Å². The molecule has 0 atom stereocenters. The van der Waals surface area contributed by atoms with Crippen LogP contribution < -0.4 is 10.6 Å². The molecule has 0 radical (unpaired) electrons. The van der Waals surface area contributed by atoms with Crippen LogP contribution >= 0.6 is 0 Å². The molecule has 0 aliphatic heterocycles. The highest BCUT2D eigenvalue weighted by Crippen LogP contribution is 2.26. The molecule has 142 valence electrons. The smallest absolute Gasteiger partial charge is 0.255 e. The van der Waals surface area contributed by atoms with Crippen molar-refractivity contribution in [2.24, 2.45) is 5.92 Å². The average molecular weight is 364 g/mol. The quantitative estimate of drug-likeness (QED) is 0.727. The lowest BCUT2D eigenvalue weighted by atomic mass is 9.88. The number of benzene rings is 2. The Labute approximate surface area is 161 Å². The molecule has 2 amide bonds. The van der Waals surface area contributed by atoms with Gasteiger partial charge in [-0.3, -0.25) is 9.59 Å². The van der Waals surface area contributed by atoms with Crippen LogP contribution in [-0.2, 0) is 4.79 Å². The van der Waals surface area contributed by atoms with Crippen LogP contribution in [0.3, 0.4) is 0 Å². The van der Waals surface area contributed by atoms with E-state index >= 15 is 0 Å². The number of hydrogen-bond donors (Lipinski definition) is 2. The lowest BCUT2D eigenvalue weighted by Crippen LogP contribution is -2.24. The number of hydrogen-bond acceptors (Lipinski definition) is 2. The number of anilines is 2. The van der Waals surface area contributed by atoms with Gasteiger partial charge in [-0.05, 0) is 48.6 Å². The first-order chi connectivity index (χ1) is 13.0. The van der Waals surface area contributed by atoms with Gasteiger partial charge in [0, 0.05) is 22.9 Å². The van der Waals surface area contributed by atoms with Crippen LogP contribution in [0, 0.1) is 5.92 Å². The van der Waals surface area contributed by atoms with Crippen molar-refractivity contribution in [2.75, 3.05) is 10.6 Å². The van der Waals surface area contributed by atoms with Gasteiger partial charge in [0.2, 0.25) is 5.91 Å². The Morgan fingerprint density at radius 1 is 0.926 bits per heavy atom. The van der Waals surface area contributed by atoms with E-state index in [0.717, 1.165) is 36.9 Å². The zero-order valence-corrected chi connectivity index (χ0v) is 16.1. The average Bonchev–Trinajstić information content (AvgIpc) is 2.69. The van der Waals surface area contributed by atoms with Crippen molar-refractivity contribution < 1.29 is 9.59 Å². The highest BCUT2D eigenvalue weighted by atomic mass is 16.2. The summed E-state index contributed by atoms with van der Waals surface area (Å²) in [7, 11) is 0. The Hall–Kier alpha value is -2.62. The molecule has 3 rings (SSSR count). The molecule has 2 aromatic rings. The molecule has 1 saturated carbocycles. The van der Waals surface area contributed by atoms with Crippen molar-refractivity contribution in [3.8, 4) is 0 Å². The molecular weight excluding hydrogens is 336 g/mol. The molecule has 27 heavy (non-hydrogen) atoms. The summed E-state index contributed by atoms with van der Waals surface area (Å²) >= 11 is 0. The Bertz CT molecular complexity index is 808. The van der Waals surface area contributed by atoms with E-state index < -0.39 is 0 Å². The van der Waals surface area contributed by atoms with Gasteiger partial charge in [0.15, 0.2) is 0 Å². The maximum Gasteiger partial charge on any atom is 0.255 e. The van der Waals surface area contributed by atoms with Crippen LogP contribution in [0.5, 0.6) is 0 Å². The highest BCUT2D eigenvalue weighted by Gasteiger charge is 2.21. The second-order valence-corrected chi connectivity index (χ2v) is 7.60. The third-order valence-corrected chi connectivity index (χ3v) is 5.20. The van der Waals surface area contributed by atoms with E-state index in [1.165, 1.54) is 6.42 Å².